The van der Waals surface area contributed by atoms with E-state index in [1.807, 2.05) is 6.92 Å². The monoisotopic (exact) mass is 194 g/mol. The van der Waals surface area contributed by atoms with E-state index in [1.165, 1.54) is 0 Å². The fourth-order valence-corrected chi connectivity index (χ4v) is 1.89. The molecule has 1 rings (SSSR count). The van der Waals surface area contributed by atoms with Crippen molar-refractivity contribution in [2.75, 3.05) is 0 Å². The van der Waals surface area contributed by atoms with Gasteiger partial charge in [-0.1, -0.05) is 13.3 Å². The van der Waals surface area contributed by atoms with Crippen molar-refractivity contribution in [3.8, 4) is 0 Å². The molecule has 12 heavy (non-hydrogen) atoms. The Morgan fingerprint density at radius 3 is 2.42 bits per heavy atom. The second kappa shape index (κ2) is 3.47. The van der Waals surface area contributed by atoms with E-state index in [9.17, 15) is 13.2 Å². The molecule has 0 saturated heterocycles. The maximum Gasteiger partial charge on any atom is 0.425 e. The number of thiophene rings is 1. The van der Waals surface area contributed by atoms with Crippen molar-refractivity contribution >= 4 is 11.3 Å². The Morgan fingerprint density at radius 1 is 1.33 bits per heavy atom. The molecular formula is C8H9F3S. The van der Waals surface area contributed by atoms with E-state index in [4.69, 9.17) is 0 Å². The van der Waals surface area contributed by atoms with Gasteiger partial charge in [0.05, 0.1) is 0 Å². The molecule has 0 aromatic carbocycles. The third-order valence-electron chi connectivity index (χ3n) is 1.44. The standard InChI is InChI=1S/C8H9F3S/c1-2-3-6-4-5-7(12-6)8(9,10)11/h4-5H,2-3H2,1H3. The molecule has 1 heterocycles. The van der Waals surface area contributed by atoms with E-state index in [2.05, 4.69) is 0 Å². The first-order valence-corrected chi connectivity index (χ1v) is 4.51. The molecule has 0 radical (unpaired) electrons. The maximum atomic E-state index is 12.1. The molecule has 1 aromatic rings. The lowest BCUT2D eigenvalue weighted by atomic mass is 10.3. The van der Waals surface area contributed by atoms with E-state index in [0.717, 1.165) is 35.1 Å². The van der Waals surface area contributed by atoms with Crippen LogP contribution in [0.1, 0.15) is 23.1 Å². The van der Waals surface area contributed by atoms with E-state index in [-0.39, 0.29) is 0 Å². The first kappa shape index (κ1) is 9.58. The summed E-state index contributed by atoms with van der Waals surface area (Å²) in [5, 5.41) is 0. The average Bonchev–Trinajstić information content (AvgIpc) is 2.35. The smallest absolute Gasteiger partial charge is 0.165 e. The van der Waals surface area contributed by atoms with Gasteiger partial charge < -0.3 is 0 Å². The van der Waals surface area contributed by atoms with E-state index < -0.39 is 11.1 Å². The molecule has 0 aliphatic heterocycles. The molecule has 0 unspecified atom stereocenters. The Labute approximate surface area is 73.0 Å². The van der Waals surface area contributed by atoms with E-state index in [0.29, 0.717) is 0 Å². The lowest BCUT2D eigenvalue weighted by Gasteiger charge is -2.00. The third-order valence-corrected chi connectivity index (χ3v) is 2.63. The number of aryl methyl sites for hydroxylation is 1. The molecule has 0 spiro atoms. The molecule has 4 heteroatoms. The minimum atomic E-state index is -4.17. The predicted octanol–water partition coefficient (Wildman–Crippen LogP) is 3.72. The highest BCUT2D eigenvalue weighted by Crippen LogP contribution is 2.34. The van der Waals surface area contributed by atoms with Gasteiger partial charge in [-0.2, -0.15) is 13.2 Å². The van der Waals surface area contributed by atoms with Crippen LogP contribution in [0, 0.1) is 0 Å². The van der Waals surface area contributed by atoms with Crippen LogP contribution >= 0.6 is 11.3 Å². The van der Waals surface area contributed by atoms with Crippen LogP contribution in [0.4, 0.5) is 13.2 Å². The highest BCUT2D eigenvalue weighted by atomic mass is 32.1. The van der Waals surface area contributed by atoms with Crippen LogP contribution in [-0.2, 0) is 12.6 Å². The van der Waals surface area contributed by atoms with Gasteiger partial charge in [-0.05, 0) is 18.6 Å². The Hall–Kier alpha value is -0.510. The molecule has 0 nitrogen and oxygen atoms in total. The summed E-state index contributed by atoms with van der Waals surface area (Å²) in [7, 11) is 0. The minimum Gasteiger partial charge on any atom is -0.165 e. The molecule has 0 bridgehead atoms. The molecule has 0 fully saturated rings. The Morgan fingerprint density at radius 2 is 2.00 bits per heavy atom. The summed E-state index contributed by atoms with van der Waals surface area (Å²) < 4.78 is 36.2. The zero-order chi connectivity index (χ0) is 9.19. The SMILES string of the molecule is CCCc1ccc(C(F)(F)F)s1. The summed E-state index contributed by atoms with van der Waals surface area (Å²) in [5.74, 6) is 0. The van der Waals surface area contributed by atoms with Crippen LogP contribution in [-0.4, -0.2) is 0 Å². The third kappa shape index (κ3) is 2.24. The zero-order valence-corrected chi connectivity index (χ0v) is 7.43. The Balaban J connectivity index is 2.77. The van der Waals surface area contributed by atoms with Gasteiger partial charge in [-0.25, -0.2) is 0 Å². The first-order valence-electron chi connectivity index (χ1n) is 3.70. The van der Waals surface area contributed by atoms with Crippen LogP contribution in [0.5, 0.6) is 0 Å². The van der Waals surface area contributed by atoms with Crippen molar-refractivity contribution in [3.05, 3.63) is 21.9 Å². The molecule has 0 saturated carbocycles. The highest BCUT2D eigenvalue weighted by Gasteiger charge is 2.32. The van der Waals surface area contributed by atoms with Crippen LogP contribution in [0.2, 0.25) is 0 Å². The van der Waals surface area contributed by atoms with Crippen LogP contribution < -0.4 is 0 Å². The van der Waals surface area contributed by atoms with Crippen LogP contribution in [0.15, 0.2) is 12.1 Å². The molecule has 0 aliphatic carbocycles. The van der Waals surface area contributed by atoms with Crippen LogP contribution in [0.25, 0.3) is 0 Å². The second-order valence-corrected chi connectivity index (χ2v) is 3.68. The van der Waals surface area contributed by atoms with Gasteiger partial charge in [0, 0.05) is 4.88 Å². The van der Waals surface area contributed by atoms with Crippen LogP contribution in [0.3, 0.4) is 0 Å². The van der Waals surface area contributed by atoms with Crippen molar-refractivity contribution in [2.45, 2.75) is 25.9 Å². The van der Waals surface area contributed by atoms with Crippen molar-refractivity contribution in [2.24, 2.45) is 0 Å². The van der Waals surface area contributed by atoms with Gasteiger partial charge in [0.25, 0.3) is 0 Å². The van der Waals surface area contributed by atoms with Crippen molar-refractivity contribution in [3.63, 3.8) is 0 Å². The van der Waals surface area contributed by atoms with Gasteiger partial charge in [0.2, 0.25) is 0 Å². The largest absolute Gasteiger partial charge is 0.425 e. The van der Waals surface area contributed by atoms with Crippen molar-refractivity contribution in [1.82, 2.24) is 0 Å². The van der Waals surface area contributed by atoms with Gasteiger partial charge in [-0.15, -0.1) is 11.3 Å². The van der Waals surface area contributed by atoms with Gasteiger partial charge in [0.1, 0.15) is 4.88 Å². The summed E-state index contributed by atoms with van der Waals surface area (Å²) >= 11 is 0.839. The normalized spacial score (nSPS) is 12.0. The Bertz CT molecular complexity index is 249. The molecule has 0 amide bonds. The number of alkyl halides is 3. The second-order valence-electron chi connectivity index (χ2n) is 2.51. The number of hydrogen-bond acceptors (Lipinski definition) is 1. The summed E-state index contributed by atoms with van der Waals surface area (Å²) in [4.78, 5) is 0.316. The Kier molecular flexibility index (Phi) is 2.77. The predicted molar refractivity (Wildman–Crippen MR) is 43.3 cm³/mol. The lowest BCUT2D eigenvalue weighted by molar-refractivity contribution is -0.134. The molecule has 0 aliphatic rings. The van der Waals surface area contributed by atoms with E-state index in [1.54, 1.807) is 6.07 Å². The fourth-order valence-electron chi connectivity index (χ4n) is 0.911. The number of rotatable bonds is 2. The summed E-state index contributed by atoms with van der Waals surface area (Å²) in [6.45, 7) is 1.95. The number of halogens is 3. The minimum absolute atomic E-state index is 0.494. The van der Waals surface area contributed by atoms with E-state index >= 15 is 0 Å². The van der Waals surface area contributed by atoms with Crippen molar-refractivity contribution < 1.29 is 13.2 Å². The lowest BCUT2D eigenvalue weighted by Crippen LogP contribution is -2.00. The summed E-state index contributed by atoms with van der Waals surface area (Å²) in [6, 6.07) is 2.70. The number of hydrogen-bond donors (Lipinski definition) is 0. The van der Waals surface area contributed by atoms with Gasteiger partial charge in [-0.3, -0.25) is 0 Å². The average molecular weight is 194 g/mol. The summed E-state index contributed by atoms with van der Waals surface area (Å²) in [5.41, 5.74) is 0. The highest BCUT2D eigenvalue weighted by molar-refractivity contribution is 7.12. The quantitative estimate of drug-likeness (QED) is 0.673. The molecule has 68 valence electrons. The fraction of sp³-hybridized carbons (Fsp3) is 0.500. The molecule has 0 atom stereocenters. The first-order chi connectivity index (χ1) is 5.54. The zero-order valence-electron chi connectivity index (χ0n) is 6.61. The molecule has 1 aromatic heterocycles. The maximum absolute atomic E-state index is 12.1. The molecular weight excluding hydrogens is 185 g/mol. The van der Waals surface area contributed by atoms with Gasteiger partial charge in [0.15, 0.2) is 0 Å². The molecule has 0 N–H and O–H groups in total. The topological polar surface area (TPSA) is 0 Å². The van der Waals surface area contributed by atoms with Gasteiger partial charge >= 0.3 is 6.18 Å². The summed E-state index contributed by atoms with van der Waals surface area (Å²) in [6.07, 6.45) is -2.55. The van der Waals surface area contributed by atoms with Crippen molar-refractivity contribution in [1.29, 1.82) is 0 Å².